The summed E-state index contributed by atoms with van der Waals surface area (Å²) in [6.45, 7) is 5.76. The molecule has 0 fully saturated rings. The fourth-order valence-corrected chi connectivity index (χ4v) is 1.50. The van der Waals surface area contributed by atoms with Crippen LogP contribution in [-0.4, -0.2) is 27.0 Å². The smallest absolute Gasteiger partial charge is 0.313 e. The van der Waals surface area contributed by atoms with Crippen LogP contribution in [0.25, 0.3) is 0 Å². The van der Waals surface area contributed by atoms with Crippen molar-refractivity contribution in [2.24, 2.45) is 0 Å². The van der Waals surface area contributed by atoms with E-state index in [2.05, 4.69) is 12.2 Å². The molecular weight excluding hydrogens is 177 g/mol. The van der Waals surface area contributed by atoms with Gasteiger partial charge in [-0.2, -0.15) is 0 Å². The van der Waals surface area contributed by atoms with E-state index in [0.717, 1.165) is 6.42 Å². The maximum absolute atomic E-state index is 5.31. The first kappa shape index (κ1) is 12.3. The molecule has 1 N–H and O–H groups in total. The van der Waals surface area contributed by atoms with E-state index < -0.39 is 8.60 Å². The van der Waals surface area contributed by atoms with Gasteiger partial charge in [-0.1, -0.05) is 6.92 Å². The van der Waals surface area contributed by atoms with Crippen molar-refractivity contribution in [3.05, 3.63) is 0 Å². The molecule has 12 heavy (non-hydrogen) atoms. The second-order valence-electron chi connectivity index (χ2n) is 2.10. The van der Waals surface area contributed by atoms with Crippen molar-refractivity contribution in [2.75, 3.05) is 27.0 Å². The van der Waals surface area contributed by atoms with Crippen molar-refractivity contribution >= 4 is 8.60 Å². The first-order valence-corrected chi connectivity index (χ1v) is 5.28. The third-order valence-electron chi connectivity index (χ3n) is 0.950. The Morgan fingerprint density at radius 3 is 2.42 bits per heavy atom. The Kier molecular flexibility index (Phi) is 9.57. The molecule has 0 aliphatic heterocycles. The zero-order valence-corrected chi connectivity index (χ0v) is 8.89. The predicted molar refractivity (Wildman–Crippen MR) is 49.8 cm³/mol. The standard InChI is InChI=1S/C7H18NO3P/c1-4-6-10-12(9-5-2)11-7-8-3/h8H,4-7H2,1-3H3. The minimum absolute atomic E-state index is 0.468. The monoisotopic (exact) mass is 195 g/mol. The summed E-state index contributed by atoms with van der Waals surface area (Å²) in [5.41, 5.74) is 0. The summed E-state index contributed by atoms with van der Waals surface area (Å²) >= 11 is 0. The molecule has 0 rings (SSSR count). The van der Waals surface area contributed by atoms with Crippen LogP contribution < -0.4 is 5.32 Å². The van der Waals surface area contributed by atoms with Crippen LogP contribution in [0.4, 0.5) is 0 Å². The predicted octanol–water partition coefficient (Wildman–Crippen LogP) is 1.87. The van der Waals surface area contributed by atoms with E-state index in [-0.39, 0.29) is 0 Å². The fourth-order valence-electron chi connectivity index (χ4n) is 0.500. The molecule has 0 spiro atoms. The van der Waals surface area contributed by atoms with E-state index in [9.17, 15) is 0 Å². The Bertz CT molecular complexity index is 86.7. The van der Waals surface area contributed by atoms with Gasteiger partial charge < -0.3 is 9.05 Å². The zero-order valence-electron chi connectivity index (χ0n) is 8.00. The molecular formula is C7H18NO3P. The lowest BCUT2D eigenvalue weighted by Crippen LogP contribution is -2.10. The quantitative estimate of drug-likeness (QED) is 0.474. The number of hydrogen-bond donors (Lipinski definition) is 1. The summed E-state index contributed by atoms with van der Waals surface area (Å²) < 4.78 is 15.8. The Hall–Kier alpha value is 0.270. The first-order valence-electron chi connectivity index (χ1n) is 4.18. The van der Waals surface area contributed by atoms with Gasteiger partial charge >= 0.3 is 8.60 Å². The summed E-state index contributed by atoms with van der Waals surface area (Å²) in [6, 6.07) is 0. The fraction of sp³-hybridized carbons (Fsp3) is 1.00. The average Bonchev–Trinajstić information content (AvgIpc) is 2.10. The molecule has 0 bridgehead atoms. The summed E-state index contributed by atoms with van der Waals surface area (Å²) in [4.78, 5) is 0. The molecule has 1 unspecified atom stereocenters. The molecule has 74 valence electrons. The molecule has 0 amide bonds. The van der Waals surface area contributed by atoms with Gasteiger partial charge in [-0.25, -0.2) is 0 Å². The van der Waals surface area contributed by atoms with Gasteiger partial charge in [0.15, 0.2) is 0 Å². The SMILES string of the molecule is CCCOP(OCC)OCNC. The van der Waals surface area contributed by atoms with Crippen molar-refractivity contribution in [3.63, 3.8) is 0 Å². The molecule has 4 nitrogen and oxygen atoms in total. The summed E-state index contributed by atoms with van der Waals surface area (Å²) in [5.74, 6) is 0. The highest BCUT2D eigenvalue weighted by molar-refractivity contribution is 7.41. The van der Waals surface area contributed by atoms with Gasteiger partial charge in [-0.3, -0.25) is 9.84 Å². The Labute approximate surface area is 75.6 Å². The lowest BCUT2D eigenvalue weighted by Gasteiger charge is -2.14. The van der Waals surface area contributed by atoms with E-state index in [4.69, 9.17) is 13.6 Å². The summed E-state index contributed by atoms with van der Waals surface area (Å²) in [6.07, 6.45) is 0.981. The van der Waals surface area contributed by atoms with Crippen LogP contribution in [0.2, 0.25) is 0 Å². The number of hydrogen-bond acceptors (Lipinski definition) is 4. The van der Waals surface area contributed by atoms with Gasteiger partial charge in [0.2, 0.25) is 0 Å². The van der Waals surface area contributed by atoms with Gasteiger partial charge in [-0.15, -0.1) is 0 Å². The minimum atomic E-state index is -1.14. The average molecular weight is 195 g/mol. The van der Waals surface area contributed by atoms with Crippen molar-refractivity contribution in [1.82, 2.24) is 5.32 Å². The number of nitrogens with one attached hydrogen (secondary N) is 1. The maximum atomic E-state index is 5.31. The van der Waals surface area contributed by atoms with Crippen molar-refractivity contribution in [3.8, 4) is 0 Å². The van der Waals surface area contributed by atoms with E-state index in [1.54, 1.807) is 0 Å². The molecule has 0 aromatic carbocycles. The van der Waals surface area contributed by atoms with Crippen LogP contribution in [0.5, 0.6) is 0 Å². The molecule has 5 heteroatoms. The topological polar surface area (TPSA) is 39.7 Å². The second-order valence-corrected chi connectivity index (χ2v) is 3.32. The zero-order chi connectivity index (χ0) is 9.23. The normalized spacial score (nSPS) is 13.2. The highest BCUT2D eigenvalue weighted by atomic mass is 31.2. The van der Waals surface area contributed by atoms with E-state index in [1.165, 1.54) is 0 Å². The van der Waals surface area contributed by atoms with Crippen LogP contribution >= 0.6 is 8.60 Å². The lowest BCUT2D eigenvalue weighted by molar-refractivity contribution is 0.159. The van der Waals surface area contributed by atoms with Crippen LogP contribution in [0.3, 0.4) is 0 Å². The first-order chi connectivity index (χ1) is 5.85. The summed E-state index contributed by atoms with van der Waals surface area (Å²) in [5, 5.41) is 2.87. The second kappa shape index (κ2) is 9.36. The third-order valence-corrected chi connectivity index (χ3v) is 2.15. The highest BCUT2D eigenvalue weighted by Crippen LogP contribution is 2.38. The summed E-state index contributed by atoms with van der Waals surface area (Å²) in [7, 11) is 0.684. The molecule has 0 heterocycles. The Morgan fingerprint density at radius 1 is 1.17 bits per heavy atom. The van der Waals surface area contributed by atoms with Crippen LogP contribution in [-0.2, 0) is 13.6 Å². The van der Waals surface area contributed by atoms with Crippen LogP contribution in [0.1, 0.15) is 20.3 Å². The molecule has 0 saturated carbocycles. The van der Waals surface area contributed by atoms with E-state index in [0.29, 0.717) is 19.9 Å². The Morgan fingerprint density at radius 2 is 1.92 bits per heavy atom. The maximum Gasteiger partial charge on any atom is 0.333 e. The lowest BCUT2D eigenvalue weighted by atomic mass is 10.5. The molecule has 0 aromatic rings. The van der Waals surface area contributed by atoms with Gasteiger partial charge in [0.25, 0.3) is 0 Å². The highest BCUT2D eigenvalue weighted by Gasteiger charge is 2.09. The van der Waals surface area contributed by atoms with E-state index >= 15 is 0 Å². The molecule has 0 aromatic heterocycles. The third kappa shape index (κ3) is 6.95. The van der Waals surface area contributed by atoms with Crippen molar-refractivity contribution < 1.29 is 13.6 Å². The van der Waals surface area contributed by atoms with Crippen molar-refractivity contribution in [1.29, 1.82) is 0 Å². The van der Waals surface area contributed by atoms with Crippen molar-refractivity contribution in [2.45, 2.75) is 20.3 Å². The van der Waals surface area contributed by atoms with Gasteiger partial charge in [-0.05, 0) is 20.4 Å². The van der Waals surface area contributed by atoms with Crippen LogP contribution in [0.15, 0.2) is 0 Å². The van der Waals surface area contributed by atoms with Gasteiger partial charge in [0, 0.05) is 0 Å². The van der Waals surface area contributed by atoms with E-state index in [1.807, 2.05) is 14.0 Å². The molecule has 0 aliphatic rings. The molecule has 0 saturated heterocycles. The van der Waals surface area contributed by atoms with Crippen LogP contribution in [0, 0.1) is 0 Å². The molecule has 1 atom stereocenters. The molecule has 0 radical (unpaired) electrons. The number of rotatable bonds is 8. The Balaban J connectivity index is 3.40. The molecule has 0 aliphatic carbocycles. The largest absolute Gasteiger partial charge is 0.333 e. The minimum Gasteiger partial charge on any atom is -0.313 e. The van der Waals surface area contributed by atoms with Gasteiger partial charge in [0.05, 0.1) is 13.2 Å². The van der Waals surface area contributed by atoms with Gasteiger partial charge in [0.1, 0.15) is 6.73 Å².